The van der Waals surface area contributed by atoms with E-state index < -0.39 is 0 Å². The molecule has 16 heavy (non-hydrogen) atoms. The second-order valence-electron chi connectivity index (χ2n) is 3.58. The second-order valence-corrected chi connectivity index (χ2v) is 3.58. The van der Waals surface area contributed by atoms with Crippen molar-refractivity contribution < 1.29 is 14.8 Å². The van der Waals surface area contributed by atoms with Gasteiger partial charge in [0.25, 0.3) is 11.8 Å². The highest BCUT2D eigenvalue weighted by atomic mass is 16.4. The van der Waals surface area contributed by atoms with Crippen molar-refractivity contribution in [3.63, 3.8) is 0 Å². The Morgan fingerprint density at radius 3 is 2.19 bits per heavy atom. The summed E-state index contributed by atoms with van der Waals surface area (Å²) in [6.45, 7) is 1.56. The summed E-state index contributed by atoms with van der Waals surface area (Å²) in [6, 6.07) is 6.64. The normalized spacial score (nSPS) is 15.6. The molecular formula is C11H10N2O3. The van der Waals surface area contributed by atoms with Gasteiger partial charge in [-0.2, -0.15) is 0 Å². The van der Waals surface area contributed by atoms with Crippen molar-refractivity contribution in [3.05, 3.63) is 35.4 Å². The van der Waals surface area contributed by atoms with Crippen LogP contribution in [0, 0.1) is 0 Å². The lowest BCUT2D eigenvalue weighted by atomic mass is 10.1. The van der Waals surface area contributed by atoms with E-state index in [9.17, 15) is 9.59 Å². The molecule has 1 heterocycles. The topological polar surface area (TPSA) is 70.0 Å². The zero-order chi connectivity index (χ0) is 11.7. The van der Waals surface area contributed by atoms with Gasteiger partial charge in [0, 0.05) is 0 Å². The van der Waals surface area contributed by atoms with Gasteiger partial charge in [-0.15, -0.1) is 0 Å². The van der Waals surface area contributed by atoms with Gasteiger partial charge in [0.2, 0.25) is 0 Å². The van der Waals surface area contributed by atoms with Crippen LogP contribution in [0.3, 0.4) is 0 Å². The SMILES string of the molecule is CC(CN1C(=O)c2ccccc2C1=O)=NO. The van der Waals surface area contributed by atoms with Crippen LogP contribution in [-0.4, -0.2) is 34.2 Å². The highest BCUT2D eigenvalue weighted by Crippen LogP contribution is 2.21. The van der Waals surface area contributed by atoms with Crippen molar-refractivity contribution in [3.8, 4) is 0 Å². The van der Waals surface area contributed by atoms with Crippen molar-refractivity contribution in [2.24, 2.45) is 5.16 Å². The van der Waals surface area contributed by atoms with Crippen molar-refractivity contribution in [1.82, 2.24) is 4.90 Å². The summed E-state index contributed by atoms with van der Waals surface area (Å²) in [5.41, 5.74) is 1.12. The highest BCUT2D eigenvalue weighted by molar-refractivity contribution is 6.22. The molecule has 1 aliphatic rings. The molecule has 1 aromatic rings. The standard InChI is InChI=1S/C11H10N2O3/c1-7(12-16)6-13-10(14)8-4-2-3-5-9(8)11(13)15/h2-5,16H,6H2,1H3. The molecule has 0 saturated heterocycles. The van der Waals surface area contributed by atoms with Crippen LogP contribution >= 0.6 is 0 Å². The molecule has 0 atom stereocenters. The summed E-state index contributed by atoms with van der Waals surface area (Å²) in [4.78, 5) is 24.7. The number of rotatable bonds is 2. The Morgan fingerprint density at radius 1 is 1.25 bits per heavy atom. The van der Waals surface area contributed by atoms with E-state index in [0.717, 1.165) is 4.90 Å². The number of amides is 2. The Bertz CT molecular complexity index is 459. The molecule has 0 aliphatic carbocycles. The largest absolute Gasteiger partial charge is 0.411 e. The minimum atomic E-state index is -0.344. The first-order valence-corrected chi connectivity index (χ1v) is 4.78. The van der Waals surface area contributed by atoms with Crippen LogP contribution in [0.25, 0.3) is 0 Å². The van der Waals surface area contributed by atoms with E-state index in [1.165, 1.54) is 0 Å². The van der Waals surface area contributed by atoms with E-state index in [4.69, 9.17) is 5.21 Å². The first kappa shape index (κ1) is 10.4. The molecule has 82 valence electrons. The molecule has 0 spiro atoms. The number of fused-ring (bicyclic) bond motifs is 1. The first-order chi connectivity index (χ1) is 7.65. The van der Waals surface area contributed by atoms with Crippen LogP contribution in [0.1, 0.15) is 27.6 Å². The number of benzene rings is 1. The Kier molecular flexibility index (Phi) is 2.44. The van der Waals surface area contributed by atoms with E-state index >= 15 is 0 Å². The van der Waals surface area contributed by atoms with Crippen LogP contribution < -0.4 is 0 Å². The van der Waals surface area contributed by atoms with Gasteiger partial charge in [-0.05, 0) is 19.1 Å². The molecule has 5 heteroatoms. The lowest BCUT2D eigenvalue weighted by molar-refractivity contribution is 0.0676. The fourth-order valence-electron chi connectivity index (χ4n) is 1.64. The second kappa shape index (κ2) is 3.77. The average molecular weight is 218 g/mol. The predicted molar refractivity (Wildman–Crippen MR) is 56.7 cm³/mol. The smallest absolute Gasteiger partial charge is 0.261 e. The maximum Gasteiger partial charge on any atom is 0.261 e. The summed E-state index contributed by atoms with van der Waals surface area (Å²) in [6.07, 6.45) is 0. The van der Waals surface area contributed by atoms with Gasteiger partial charge < -0.3 is 5.21 Å². The molecule has 2 rings (SSSR count). The number of imide groups is 1. The summed E-state index contributed by atoms with van der Waals surface area (Å²) in [5.74, 6) is -0.688. The quantitative estimate of drug-likeness (QED) is 0.350. The molecule has 0 saturated carbocycles. The van der Waals surface area contributed by atoms with Gasteiger partial charge in [0.05, 0.1) is 23.4 Å². The number of carbonyl (C=O) groups excluding carboxylic acids is 2. The molecular weight excluding hydrogens is 208 g/mol. The van der Waals surface area contributed by atoms with E-state index in [2.05, 4.69) is 5.16 Å². The maximum atomic E-state index is 11.8. The summed E-state index contributed by atoms with van der Waals surface area (Å²) < 4.78 is 0. The third-order valence-electron chi connectivity index (χ3n) is 2.44. The molecule has 5 nitrogen and oxygen atoms in total. The molecule has 0 bridgehead atoms. The van der Waals surface area contributed by atoms with Crippen molar-refractivity contribution in [2.45, 2.75) is 6.92 Å². The van der Waals surface area contributed by atoms with Gasteiger partial charge >= 0.3 is 0 Å². The molecule has 1 aromatic carbocycles. The van der Waals surface area contributed by atoms with Gasteiger partial charge in [-0.1, -0.05) is 17.3 Å². The molecule has 0 aromatic heterocycles. The first-order valence-electron chi connectivity index (χ1n) is 4.78. The van der Waals surface area contributed by atoms with Crippen molar-refractivity contribution >= 4 is 17.5 Å². The Balaban J connectivity index is 2.35. The molecule has 0 fully saturated rings. The van der Waals surface area contributed by atoms with E-state index in [1.807, 2.05) is 0 Å². The zero-order valence-corrected chi connectivity index (χ0v) is 8.67. The third-order valence-corrected chi connectivity index (χ3v) is 2.44. The van der Waals surface area contributed by atoms with E-state index in [0.29, 0.717) is 16.8 Å². The minimum absolute atomic E-state index is 0.0167. The van der Waals surface area contributed by atoms with Crippen LogP contribution in [0.2, 0.25) is 0 Å². The summed E-state index contributed by atoms with van der Waals surface area (Å²) in [7, 11) is 0. The third kappa shape index (κ3) is 1.46. The molecule has 1 N–H and O–H groups in total. The fourth-order valence-corrected chi connectivity index (χ4v) is 1.64. The monoisotopic (exact) mass is 218 g/mol. The number of hydrogen-bond acceptors (Lipinski definition) is 4. The van der Waals surface area contributed by atoms with Crippen LogP contribution in [0.5, 0.6) is 0 Å². The van der Waals surface area contributed by atoms with Crippen LogP contribution in [0.15, 0.2) is 29.4 Å². The number of carbonyl (C=O) groups is 2. The van der Waals surface area contributed by atoms with Gasteiger partial charge in [0.15, 0.2) is 0 Å². The highest BCUT2D eigenvalue weighted by Gasteiger charge is 2.35. The Labute approximate surface area is 92.0 Å². The Hall–Kier alpha value is -2.17. The van der Waals surface area contributed by atoms with Crippen LogP contribution in [0.4, 0.5) is 0 Å². The van der Waals surface area contributed by atoms with Crippen molar-refractivity contribution in [1.29, 1.82) is 0 Å². The van der Waals surface area contributed by atoms with Crippen molar-refractivity contribution in [2.75, 3.05) is 6.54 Å². The average Bonchev–Trinajstić information content (AvgIpc) is 2.55. The molecule has 2 amide bonds. The zero-order valence-electron chi connectivity index (χ0n) is 8.67. The summed E-state index contributed by atoms with van der Waals surface area (Å²) in [5, 5.41) is 11.5. The lowest BCUT2D eigenvalue weighted by Gasteiger charge is -2.11. The maximum absolute atomic E-state index is 11.8. The molecule has 1 aliphatic heterocycles. The van der Waals surface area contributed by atoms with Gasteiger partial charge in [-0.3, -0.25) is 14.5 Å². The molecule has 0 unspecified atom stereocenters. The van der Waals surface area contributed by atoms with E-state index in [1.54, 1.807) is 31.2 Å². The minimum Gasteiger partial charge on any atom is -0.411 e. The predicted octanol–water partition coefficient (Wildman–Crippen LogP) is 1.13. The lowest BCUT2D eigenvalue weighted by Crippen LogP contribution is -2.34. The summed E-state index contributed by atoms with van der Waals surface area (Å²) >= 11 is 0. The number of nitrogens with zero attached hydrogens (tertiary/aromatic N) is 2. The van der Waals surface area contributed by atoms with Gasteiger partial charge in [-0.25, -0.2) is 0 Å². The van der Waals surface area contributed by atoms with E-state index in [-0.39, 0.29) is 18.4 Å². The number of hydrogen-bond donors (Lipinski definition) is 1. The number of oxime groups is 1. The van der Waals surface area contributed by atoms with Crippen LogP contribution in [-0.2, 0) is 0 Å². The van der Waals surface area contributed by atoms with Gasteiger partial charge in [0.1, 0.15) is 0 Å². The Morgan fingerprint density at radius 2 is 1.75 bits per heavy atom. The fraction of sp³-hybridized carbons (Fsp3) is 0.182. The molecule has 0 radical (unpaired) electrons.